The Hall–Kier alpha value is -3.59. The van der Waals surface area contributed by atoms with E-state index in [4.69, 9.17) is 14.5 Å². The van der Waals surface area contributed by atoms with Crippen molar-refractivity contribution in [3.8, 4) is 17.1 Å². The zero-order chi connectivity index (χ0) is 26.7. The predicted molar refractivity (Wildman–Crippen MR) is 152 cm³/mol. The van der Waals surface area contributed by atoms with Crippen LogP contribution in [0, 0.1) is 0 Å². The molecule has 9 heteroatoms. The molecule has 1 fully saturated rings. The molecule has 4 aromatic rings. The fraction of sp³-hybridized carbons (Fsp3) is 0.345. The molecule has 0 unspecified atom stereocenters. The molecular weight excluding hydrogens is 546 g/mol. The predicted octanol–water partition coefficient (Wildman–Crippen LogP) is 6.46. The second-order valence-corrected chi connectivity index (χ2v) is 11.3. The summed E-state index contributed by atoms with van der Waals surface area (Å²) in [4.78, 5) is 27.1. The third kappa shape index (κ3) is 6.27. The van der Waals surface area contributed by atoms with E-state index < -0.39 is 11.7 Å². The molecule has 1 aliphatic rings. The number of imidazole rings is 1. The Labute approximate surface area is 230 Å². The van der Waals surface area contributed by atoms with Crippen LogP contribution in [-0.4, -0.2) is 45.8 Å². The van der Waals surface area contributed by atoms with Gasteiger partial charge in [0.1, 0.15) is 28.8 Å². The average molecular weight is 579 g/mol. The Balaban J connectivity index is 1.27. The topological polar surface area (TPSA) is 92.4 Å². The molecule has 0 atom stereocenters. The minimum atomic E-state index is -0.525. The summed E-state index contributed by atoms with van der Waals surface area (Å²) in [5.74, 6) is 1.67. The summed E-state index contributed by atoms with van der Waals surface area (Å²) in [6.45, 7) is 7.67. The van der Waals surface area contributed by atoms with E-state index in [0.717, 1.165) is 64.3 Å². The number of amides is 1. The largest absolute Gasteiger partial charge is 0.490 e. The van der Waals surface area contributed by atoms with Gasteiger partial charge < -0.3 is 24.7 Å². The fourth-order valence-corrected chi connectivity index (χ4v) is 5.08. The number of carbonyl (C=O) groups is 1. The first-order valence-electron chi connectivity index (χ1n) is 12.8. The zero-order valence-electron chi connectivity index (χ0n) is 21.8. The summed E-state index contributed by atoms with van der Waals surface area (Å²) in [5, 5.41) is 2.79. The maximum Gasteiger partial charge on any atom is 0.407 e. The molecule has 2 aromatic carbocycles. The highest BCUT2D eigenvalue weighted by atomic mass is 79.9. The van der Waals surface area contributed by atoms with Crippen molar-refractivity contribution in [1.29, 1.82) is 0 Å². The van der Waals surface area contributed by atoms with Crippen LogP contribution in [0.2, 0.25) is 0 Å². The highest BCUT2D eigenvalue weighted by Gasteiger charge is 2.25. The van der Waals surface area contributed by atoms with Crippen LogP contribution < -0.4 is 15.0 Å². The zero-order valence-corrected chi connectivity index (χ0v) is 23.4. The van der Waals surface area contributed by atoms with Crippen molar-refractivity contribution in [3.05, 3.63) is 70.8 Å². The quantitative estimate of drug-likeness (QED) is 0.273. The van der Waals surface area contributed by atoms with Crippen molar-refractivity contribution in [3.63, 3.8) is 0 Å². The highest BCUT2D eigenvalue weighted by Crippen LogP contribution is 2.35. The van der Waals surface area contributed by atoms with Gasteiger partial charge in [-0.25, -0.2) is 14.8 Å². The van der Waals surface area contributed by atoms with Crippen LogP contribution in [0.25, 0.3) is 22.6 Å². The van der Waals surface area contributed by atoms with Gasteiger partial charge in [-0.15, -0.1) is 0 Å². The lowest BCUT2D eigenvalue weighted by atomic mass is 10.1. The van der Waals surface area contributed by atoms with Gasteiger partial charge >= 0.3 is 6.09 Å². The molecule has 0 radical (unpaired) electrons. The minimum Gasteiger partial charge on any atom is -0.490 e. The minimum absolute atomic E-state index is 0.199. The van der Waals surface area contributed by atoms with Gasteiger partial charge in [-0.05, 0) is 54.4 Å². The summed E-state index contributed by atoms with van der Waals surface area (Å²) in [7, 11) is 0. The van der Waals surface area contributed by atoms with Crippen LogP contribution in [0.4, 0.5) is 10.5 Å². The summed E-state index contributed by atoms with van der Waals surface area (Å²) >= 11 is 3.72. The number of piperidine rings is 1. The summed E-state index contributed by atoms with van der Waals surface area (Å²) in [5.41, 5.74) is 4.05. The molecule has 2 N–H and O–H groups in total. The molecule has 1 saturated heterocycles. The number of anilines is 1. The second-order valence-electron chi connectivity index (χ2n) is 10.4. The van der Waals surface area contributed by atoms with Crippen LogP contribution in [0.5, 0.6) is 5.75 Å². The lowest BCUT2D eigenvalue weighted by Crippen LogP contribution is -2.38. The Morgan fingerprint density at radius 1 is 1.11 bits per heavy atom. The van der Waals surface area contributed by atoms with Crippen LogP contribution in [0.1, 0.15) is 39.2 Å². The van der Waals surface area contributed by atoms with E-state index in [0.29, 0.717) is 12.2 Å². The molecule has 3 heterocycles. The molecule has 1 aliphatic heterocycles. The number of aromatic amines is 1. The number of nitrogens with one attached hydrogen (secondary N) is 2. The van der Waals surface area contributed by atoms with Gasteiger partial charge in [0, 0.05) is 44.2 Å². The van der Waals surface area contributed by atoms with Crippen molar-refractivity contribution in [1.82, 2.24) is 20.3 Å². The maximum absolute atomic E-state index is 11.9. The van der Waals surface area contributed by atoms with E-state index >= 15 is 0 Å². The molecule has 0 spiro atoms. The second kappa shape index (κ2) is 11.0. The third-order valence-electron chi connectivity index (χ3n) is 6.32. The molecule has 5 rings (SSSR count). The molecule has 8 nitrogen and oxygen atoms in total. The number of H-pyrrole nitrogens is 1. The molecule has 198 valence electrons. The average Bonchev–Trinajstić information content (AvgIpc) is 3.32. The molecule has 38 heavy (non-hydrogen) atoms. The smallest absolute Gasteiger partial charge is 0.407 e. The monoisotopic (exact) mass is 577 g/mol. The van der Waals surface area contributed by atoms with E-state index in [-0.39, 0.29) is 6.10 Å². The number of ether oxygens (including phenoxy) is 2. The van der Waals surface area contributed by atoms with E-state index in [1.165, 1.54) is 0 Å². The number of alkyl carbamates (subject to hydrolysis) is 1. The van der Waals surface area contributed by atoms with Gasteiger partial charge in [-0.1, -0.05) is 42.5 Å². The molecule has 0 saturated carbocycles. The maximum atomic E-state index is 11.9. The van der Waals surface area contributed by atoms with Gasteiger partial charge in [0.15, 0.2) is 5.65 Å². The van der Waals surface area contributed by atoms with Gasteiger partial charge in [-0.3, -0.25) is 0 Å². The lowest BCUT2D eigenvalue weighted by Gasteiger charge is -2.34. The van der Waals surface area contributed by atoms with Crippen molar-refractivity contribution in [2.24, 2.45) is 0 Å². The number of carbonyl (C=O) groups excluding carboxylic acids is 1. The van der Waals surface area contributed by atoms with Crippen LogP contribution in [0.15, 0.2) is 65.3 Å². The first-order chi connectivity index (χ1) is 18.2. The van der Waals surface area contributed by atoms with Gasteiger partial charge in [0.25, 0.3) is 0 Å². The highest BCUT2D eigenvalue weighted by molar-refractivity contribution is 9.10. The number of aromatic nitrogens is 3. The molecular formula is C29H32BrN5O3. The third-order valence-corrected chi connectivity index (χ3v) is 6.90. The lowest BCUT2D eigenvalue weighted by molar-refractivity contribution is 0.0523. The van der Waals surface area contributed by atoms with Crippen molar-refractivity contribution < 1.29 is 14.3 Å². The van der Waals surface area contributed by atoms with Crippen molar-refractivity contribution >= 4 is 38.9 Å². The van der Waals surface area contributed by atoms with Crippen LogP contribution >= 0.6 is 15.9 Å². The molecule has 2 aromatic heterocycles. The standard InChI is InChI=1S/C29H32BrN5O3/c1-29(2,3)38-28(36)32-17-19-9-11-20(12-10-19)26-33-24-25(23(30)18-31-27(24)34-26)35-15-13-22(14-16-35)37-21-7-5-4-6-8-21/h4-12,18,22H,13-17H2,1-3H3,(H,32,36)(H,31,33,34). The first-order valence-corrected chi connectivity index (χ1v) is 13.6. The Kier molecular flexibility index (Phi) is 7.56. The molecule has 0 aliphatic carbocycles. The fourth-order valence-electron chi connectivity index (χ4n) is 4.52. The van der Waals surface area contributed by atoms with E-state index in [9.17, 15) is 4.79 Å². The number of halogens is 1. The first kappa shape index (κ1) is 26.0. The van der Waals surface area contributed by atoms with E-state index in [1.54, 1.807) is 0 Å². The number of para-hydroxylation sites is 1. The van der Waals surface area contributed by atoms with Gasteiger partial charge in [0.2, 0.25) is 0 Å². The number of hydrogen-bond acceptors (Lipinski definition) is 6. The van der Waals surface area contributed by atoms with E-state index in [1.807, 2.05) is 81.6 Å². The van der Waals surface area contributed by atoms with Gasteiger partial charge in [-0.2, -0.15) is 0 Å². The van der Waals surface area contributed by atoms with Crippen molar-refractivity contribution in [2.45, 2.75) is 51.9 Å². The Morgan fingerprint density at radius 2 is 1.82 bits per heavy atom. The van der Waals surface area contributed by atoms with Gasteiger partial charge in [0.05, 0.1) is 10.2 Å². The summed E-state index contributed by atoms with van der Waals surface area (Å²) in [6, 6.07) is 17.9. The number of rotatable bonds is 6. The summed E-state index contributed by atoms with van der Waals surface area (Å²) in [6.07, 6.45) is 3.46. The number of nitrogens with zero attached hydrogens (tertiary/aromatic N) is 3. The number of benzene rings is 2. The van der Waals surface area contributed by atoms with Crippen molar-refractivity contribution in [2.75, 3.05) is 18.0 Å². The number of pyridine rings is 1. The number of hydrogen-bond donors (Lipinski definition) is 2. The Morgan fingerprint density at radius 3 is 2.50 bits per heavy atom. The van der Waals surface area contributed by atoms with Crippen LogP contribution in [-0.2, 0) is 11.3 Å². The summed E-state index contributed by atoms with van der Waals surface area (Å²) < 4.78 is 12.4. The SMILES string of the molecule is CC(C)(C)OC(=O)NCc1ccc(-c2nc3ncc(Br)c(N4CCC(Oc5ccccc5)CC4)c3[nH]2)cc1. The van der Waals surface area contributed by atoms with Crippen LogP contribution in [0.3, 0.4) is 0 Å². The molecule has 1 amide bonds. The molecule has 0 bridgehead atoms. The normalized spacial score (nSPS) is 14.5. The number of fused-ring (bicyclic) bond motifs is 1. The Bertz CT molecular complexity index is 1390. The van der Waals surface area contributed by atoms with E-state index in [2.05, 4.69) is 36.1 Å².